The molecule has 2 nitrogen and oxygen atoms in total. The molecule has 1 unspecified atom stereocenters. The van der Waals surface area contributed by atoms with Gasteiger partial charge < -0.3 is 9.84 Å². The second-order valence-electron chi connectivity index (χ2n) is 4.53. The van der Waals surface area contributed by atoms with E-state index in [0.29, 0.717) is 18.3 Å². The highest BCUT2D eigenvalue weighted by Gasteiger charge is 2.22. The van der Waals surface area contributed by atoms with Gasteiger partial charge in [0.2, 0.25) is 0 Å². The Labute approximate surface area is 95.1 Å². The van der Waals surface area contributed by atoms with Crippen LogP contribution >= 0.6 is 0 Å². The van der Waals surface area contributed by atoms with E-state index < -0.39 is 0 Å². The van der Waals surface area contributed by atoms with Crippen LogP contribution in [-0.2, 0) is 0 Å². The highest BCUT2D eigenvalue weighted by molar-refractivity contribution is 5.31. The molecule has 1 aromatic carbocycles. The second-order valence-corrected chi connectivity index (χ2v) is 4.53. The van der Waals surface area contributed by atoms with Crippen molar-refractivity contribution in [2.24, 2.45) is 5.92 Å². The van der Waals surface area contributed by atoms with E-state index in [1.807, 2.05) is 13.0 Å². The van der Waals surface area contributed by atoms with Crippen molar-refractivity contribution in [3.05, 3.63) is 29.6 Å². The van der Waals surface area contributed by atoms with Crippen LogP contribution in [0, 0.1) is 11.7 Å². The lowest BCUT2D eigenvalue weighted by atomic mass is 10.0. The van der Waals surface area contributed by atoms with Crippen LogP contribution in [0.4, 0.5) is 4.39 Å². The zero-order valence-electron chi connectivity index (χ0n) is 9.45. The normalized spacial score (nSPS) is 17.2. The first kappa shape index (κ1) is 11.4. The third kappa shape index (κ3) is 2.73. The third-order valence-corrected chi connectivity index (χ3v) is 2.97. The number of aliphatic hydroxyl groups excluding tert-OH is 1. The lowest BCUT2D eigenvalue weighted by molar-refractivity contribution is 0.271. The summed E-state index contributed by atoms with van der Waals surface area (Å²) in [4.78, 5) is 0. The summed E-state index contributed by atoms with van der Waals surface area (Å²) in [5, 5.41) is 8.98. The fourth-order valence-electron chi connectivity index (χ4n) is 1.54. The van der Waals surface area contributed by atoms with E-state index >= 15 is 0 Å². The van der Waals surface area contributed by atoms with Crippen LogP contribution < -0.4 is 4.74 Å². The molecule has 2 rings (SSSR count). The van der Waals surface area contributed by atoms with Gasteiger partial charge in [-0.2, -0.15) is 0 Å². The highest BCUT2D eigenvalue weighted by Crippen LogP contribution is 2.30. The van der Waals surface area contributed by atoms with Crippen LogP contribution in [0.2, 0.25) is 0 Å². The van der Waals surface area contributed by atoms with E-state index in [0.717, 1.165) is 5.56 Å². The first-order valence-electron chi connectivity index (χ1n) is 5.74. The van der Waals surface area contributed by atoms with Crippen LogP contribution in [0.25, 0.3) is 0 Å². The van der Waals surface area contributed by atoms with Crippen molar-refractivity contribution in [2.45, 2.75) is 25.7 Å². The van der Waals surface area contributed by atoms with E-state index in [9.17, 15) is 4.39 Å². The molecule has 0 aliphatic heterocycles. The van der Waals surface area contributed by atoms with Crippen LogP contribution in [0.5, 0.6) is 5.75 Å². The van der Waals surface area contributed by atoms with Crippen molar-refractivity contribution in [3.8, 4) is 5.75 Å². The molecule has 0 amide bonds. The molecule has 1 aliphatic carbocycles. The molecule has 3 heteroatoms. The van der Waals surface area contributed by atoms with Crippen molar-refractivity contribution in [2.75, 3.05) is 13.2 Å². The summed E-state index contributed by atoms with van der Waals surface area (Å²) in [5.74, 6) is 0.571. The van der Waals surface area contributed by atoms with Gasteiger partial charge in [0.15, 0.2) is 11.6 Å². The summed E-state index contributed by atoms with van der Waals surface area (Å²) in [6, 6.07) is 4.91. The standard InChI is InChI=1S/C13H17FO2/c1-9(7-15)11-4-5-13(12(14)6-11)16-8-10-2-3-10/h4-6,9-10,15H,2-3,7-8H2,1H3. The monoisotopic (exact) mass is 224 g/mol. The van der Waals surface area contributed by atoms with Crippen LogP contribution in [0.15, 0.2) is 18.2 Å². The van der Waals surface area contributed by atoms with Gasteiger partial charge in [-0.15, -0.1) is 0 Å². The minimum absolute atomic E-state index is 0.0295. The van der Waals surface area contributed by atoms with Crippen LogP contribution in [0.3, 0.4) is 0 Å². The molecule has 1 aromatic rings. The number of hydrogen-bond acceptors (Lipinski definition) is 2. The molecule has 88 valence electrons. The van der Waals surface area contributed by atoms with E-state index in [4.69, 9.17) is 9.84 Å². The third-order valence-electron chi connectivity index (χ3n) is 2.97. The minimum Gasteiger partial charge on any atom is -0.490 e. The molecule has 0 aromatic heterocycles. The summed E-state index contributed by atoms with van der Waals surface area (Å²) >= 11 is 0. The summed E-state index contributed by atoms with van der Waals surface area (Å²) in [6.07, 6.45) is 2.39. The van der Waals surface area contributed by atoms with Gasteiger partial charge in [0.1, 0.15) is 0 Å². The Hall–Kier alpha value is -1.09. The number of halogens is 1. The quantitative estimate of drug-likeness (QED) is 0.833. The first-order valence-corrected chi connectivity index (χ1v) is 5.74. The van der Waals surface area contributed by atoms with Gasteiger partial charge in [0, 0.05) is 12.5 Å². The minimum atomic E-state index is -0.335. The smallest absolute Gasteiger partial charge is 0.165 e. The maximum Gasteiger partial charge on any atom is 0.165 e. The van der Waals surface area contributed by atoms with Crippen molar-refractivity contribution in [1.29, 1.82) is 0 Å². The number of aliphatic hydroxyl groups is 1. The number of hydrogen-bond donors (Lipinski definition) is 1. The van der Waals surface area contributed by atoms with E-state index in [1.165, 1.54) is 18.9 Å². The Kier molecular flexibility index (Phi) is 3.44. The highest BCUT2D eigenvalue weighted by atomic mass is 19.1. The Morgan fingerprint density at radius 1 is 1.50 bits per heavy atom. The molecule has 1 fully saturated rings. The predicted octanol–water partition coefficient (Wildman–Crippen LogP) is 2.71. The SMILES string of the molecule is CC(CO)c1ccc(OCC2CC2)c(F)c1. The maximum atomic E-state index is 13.6. The van der Waals surface area contributed by atoms with E-state index in [2.05, 4.69) is 0 Å². The summed E-state index contributed by atoms with van der Waals surface area (Å²) in [7, 11) is 0. The number of ether oxygens (including phenoxy) is 1. The summed E-state index contributed by atoms with van der Waals surface area (Å²) in [5.41, 5.74) is 0.804. The Morgan fingerprint density at radius 3 is 2.81 bits per heavy atom. The number of rotatable bonds is 5. The van der Waals surface area contributed by atoms with Crippen molar-refractivity contribution in [3.63, 3.8) is 0 Å². The first-order chi connectivity index (χ1) is 7.70. The summed E-state index contributed by atoms with van der Waals surface area (Å²) < 4.78 is 19.0. The van der Waals surface area contributed by atoms with Crippen molar-refractivity contribution < 1.29 is 14.2 Å². The molecule has 1 N–H and O–H groups in total. The molecule has 1 saturated carbocycles. The van der Waals surface area contributed by atoms with Crippen LogP contribution in [-0.4, -0.2) is 18.3 Å². The van der Waals surface area contributed by atoms with E-state index in [-0.39, 0.29) is 18.3 Å². The zero-order chi connectivity index (χ0) is 11.5. The fraction of sp³-hybridized carbons (Fsp3) is 0.538. The predicted molar refractivity (Wildman–Crippen MR) is 60.1 cm³/mol. The van der Waals surface area contributed by atoms with Gasteiger partial charge >= 0.3 is 0 Å². The van der Waals surface area contributed by atoms with Gasteiger partial charge in [-0.25, -0.2) is 4.39 Å². The molecule has 1 atom stereocenters. The lowest BCUT2D eigenvalue weighted by Crippen LogP contribution is -2.03. The average molecular weight is 224 g/mol. The molecule has 0 radical (unpaired) electrons. The molecular weight excluding hydrogens is 207 g/mol. The Bertz CT molecular complexity index is 361. The topological polar surface area (TPSA) is 29.5 Å². The maximum absolute atomic E-state index is 13.6. The zero-order valence-corrected chi connectivity index (χ0v) is 9.45. The number of benzene rings is 1. The molecule has 1 aliphatic rings. The van der Waals surface area contributed by atoms with Crippen molar-refractivity contribution >= 4 is 0 Å². The van der Waals surface area contributed by atoms with Gasteiger partial charge in [0.05, 0.1) is 6.61 Å². The molecule has 0 spiro atoms. The van der Waals surface area contributed by atoms with Gasteiger partial charge in [0.25, 0.3) is 0 Å². The molecule has 0 saturated heterocycles. The van der Waals surface area contributed by atoms with Gasteiger partial charge in [-0.3, -0.25) is 0 Å². The average Bonchev–Trinajstić information content (AvgIpc) is 3.10. The van der Waals surface area contributed by atoms with E-state index in [1.54, 1.807) is 6.07 Å². The largest absolute Gasteiger partial charge is 0.490 e. The van der Waals surface area contributed by atoms with Crippen molar-refractivity contribution in [1.82, 2.24) is 0 Å². The molecule has 16 heavy (non-hydrogen) atoms. The Balaban J connectivity index is 2.02. The molecule has 0 heterocycles. The molecule has 0 bridgehead atoms. The summed E-state index contributed by atoms with van der Waals surface area (Å²) in [6.45, 7) is 2.51. The lowest BCUT2D eigenvalue weighted by Gasteiger charge is -2.11. The van der Waals surface area contributed by atoms with Crippen LogP contribution in [0.1, 0.15) is 31.2 Å². The fourth-order valence-corrected chi connectivity index (χ4v) is 1.54. The molecular formula is C13H17FO2. The second kappa shape index (κ2) is 4.83. The Morgan fingerprint density at radius 2 is 2.25 bits per heavy atom. The van der Waals surface area contributed by atoms with Gasteiger partial charge in [-0.1, -0.05) is 13.0 Å². The van der Waals surface area contributed by atoms with Gasteiger partial charge in [-0.05, 0) is 36.5 Å².